The van der Waals surface area contributed by atoms with Crippen LogP contribution >= 0.6 is 0 Å². The van der Waals surface area contributed by atoms with Crippen molar-refractivity contribution in [1.82, 2.24) is 0 Å². The minimum atomic E-state index is 0. The van der Waals surface area contributed by atoms with Gasteiger partial charge in [0.1, 0.15) is 5.78 Å². The van der Waals surface area contributed by atoms with E-state index < -0.39 is 0 Å². The second-order valence-electron chi connectivity index (χ2n) is 5.75. The van der Waals surface area contributed by atoms with Crippen molar-refractivity contribution < 1.29 is 4.79 Å². The zero-order valence-electron chi connectivity index (χ0n) is 8.38. The molecule has 1 heteroatoms. The van der Waals surface area contributed by atoms with Gasteiger partial charge in [0.05, 0.1) is 0 Å². The number of hydrogen-bond acceptors (Lipinski definition) is 1. The van der Waals surface area contributed by atoms with Crippen LogP contribution in [0.25, 0.3) is 0 Å². The highest BCUT2D eigenvalue weighted by atomic mass is 16.1. The van der Waals surface area contributed by atoms with E-state index in [1.165, 1.54) is 38.5 Å². The van der Waals surface area contributed by atoms with Crippen molar-refractivity contribution in [2.75, 3.05) is 0 Å². The van der Waals surface area contributed by atoms with Crippen LogP contribution in [0.5, 0.6) is 0 Å². The molecule has 0 amide bonds. The molecule has 0 aromatic carbocycles. The summed E-state index contributed by atoms with van der Waals surface area (Å²) in [7, 11) is 0. The van der Waals surface area contributed by atoms with Gasteiger partial charge in [-0.05, 0) is 63.2 Å². The van der Waals surface area contributed by atoms with Crippen LogP contribution in [0.2, 0.25) is 0 Å². The Bertz CT molecular complexity index is 219. The summed E-state index contributed by atoms with van der Waals surface area (Å²) < 4.78 is 0. The summed E-state index contributed by atoms with van der Waals surface area (Å²) in [6, 6.07) is 0. The molecular weight excluding hydrogens is 172 g/mol. The Balaban J connectivity index is 0.000000750. The zero-order valence-corrected chi connectivity index (χ0v) is 8.38. The molecule has 0 aliphatic heterocycles. The van der Waals surface area contributed by atoms with Gasteiger partial charge in [-0.25, -0.2) is 0 Å². The third-order valence-corrected chi connectivity index (χ3v) is 4.79. The number of Topliss-reactive ketones (excluding diaryl/α,β-unsaturated/α-hetero) is 1. The highest BCUT2D eigenvalue weighted by Gasteiger charge is 2.52. The van der Waals surface area contributed by atoms with Crippen molar-refractivity contribution in [2.24, 2.45) is 23.2 Å². The fourth-order valence-electron chi connectivity index (χ4n) is 4.54. The Hall–Kier alpha value is -0.330. The predicted octanol–water partition coefficient (Wildman–Crippen LogP) is 3.43. The molecule has 0 heterocycles. The first-order chi connectivity index (χ1) is 6.18. The molecule has 0 spiro atoms. The van der Waals surface area contributed by atoms with Gasteiger partial charge in [-0.3, -0.25) is 4.79 Å². The van der Waals surface area contributed by atoms with E-state index in [1.54, 1.807) is 0 Å². The second kappa shape index (κ2) is 3.08. The van der Waals surface area contributed by atoms with Crippen LogP contribution in [0, 0.1) is 23.2 Å². The molecule has 0 atom stereocenters. The summed E-state index contributed by atoms with van der Waals surface area (Å²) in [5.74, 6) is 3.23. The standard InChI is InChI=1S/C12H18O.CH4/c1-8(13)12-5-9-2-10(6-12)4-11(3-9)7-12;/h9-11H,2-7H2,1H3;1H4. The van der Waals surface area contributed by atoms with E-state index in [0.29, 0.717) is 5.78 Å². The topological polar surface area (TPSA) is 17.1 Å². The second-order valence-corrected chi connectivity index (χ2v) is 5.75. The molecule has 0 saturated heterocycles. The summed E-state index contributed by atoms with van der Waals surface area (Å²) in [6.45, 7) is 1.83. The summed E-state index contributed by atoms with van der Waals surface area (Å²) in [6.07, 6.45) is 8.00. The van der Waals surface area contributed by atoms with E-state index in [1.807, 2.05) is 6.92 Å². The Kier molecular flexibility index (Phi) is 2.24. The molecule has 4 aliphatic carbocycles. The van der Waals surface area contributed by atoms with Crippen LogP contribution in [0.3, 0.4) is 0 Å². The van der Waals surface area contributed by atoms with E-state index in [9.17, 15) is 4.79 Å². The zero-order chi connectivity index (χ0) is 9.05. The Morgan fingerprint density at radius 3 is 1.64 bits per heavy atom. The van der Waals surface area contributed by atoms with Crippen LogP contribution in [0.1, 0.15) is 52.9 Å². The molecular formula is C13H22O. The quantitative estimate of drug-likeness (QED) is 0.625. The third kappa shape index (κ3) is 1.24. The Labute approximate surface area is 87.3 Å². The van der Waals surface area contributed by atoms with Gasteiger partial charge in [-0.2, -0.15) is 0 Å². The van der Waals surface area contributed by atoms with E-state index in [-0.39, 0.29) is 12.8 Å². The molecule has 0 aromatic heterocycles. The minimum absolute atomic E-state index is 0. The molecule has 4 rings (SSSR count). The number of ketones is 1. The normalized spacial score (nSPS) is 48.8. The van der Waals surface area contributed by atoms with Gasteiger partial charge in [0.2, 0.25) is 0 Å². The molecule has 0 radical (unpaired) electrons. The van der Waals surface area contributed by atoms with E-state index in [2.05, 4.69) is 0 Å². The van der Waals surface area contributed by atoms with Gasteiger partial charge in [0.25, 0.3) is 0 Å². The average molecular weight is 194 g/mol. The minimum Gasteiger partial charge on any atom is -0.299 e. The van der Waals surface area contributed by atoms with E-state index in [0.717, 1.165) is 17.8 Å². The maximum atomic E-state index is 11.7. The smallest absolute Gasteiger partial charge is 0.135 e. The van der Waals surface area contributed by atoms with E-state index in [4.69, 9.17) is 0 Å². The Morgan fingerprint density at radius 2 is 1.36 bits per heavy atom. The highest BCUT2D eigenvalue weighted by Crippen LogP contribution is 2.60. The van der Waals surface area contributed by atoms with Crippen molar-refractivity contribution in [1.29, 1.82) is 0 Å². The molecule has 1 nitrogen and oxygen atoms in total. The van der Waals surface area contributed by atoms with Gasteiger partial charge in [0, 0.05) is 5.41 Å². The molecule has 0 aromatic rings. The van der Waals surface area contributed by atoms with Crippen molar-refractivity contribution >= 4 is 5.78 Å². The van der Waals surface area contributed by atoms with Gasteiger partial charge in [0.15, 0.2) is 0 Å². The molecule has 14 heavy (non-hydrogen) atoms. The van der Waals surface area contributed by atoms with Gasteiger partial charge in [-0.15, -0.1) is 0 Å². The van der Waals surface area contributed by atoms with Gasteiger partial charge in [-0.1, -0.05) is 7.43 Å². The van der Waals surface area contributed by atoms with Crippen LogP contribution < -0.4 is 0 Å². The molecule has 80 valence electrons. The van der Waals surface area contributed by atoms with Crippen molar-refractivity contribution in [3.8, 4) is 0 Å². The van der Waals surface area contributed by atoms with Crippen LogP contribution in [0.15, 0.2) is 0 Å². The number of rotatable bonds is 1. The van der Waals surface area contributed by atoms with Crippen molar-refractivity contribution in [3.63, 3.8) is 0 Å². The highest BCUT2D eigenvalue weighted by molar-refractivity contribution is 5.82. The third-order valence-electron chi connectivity index (χ3n) is 4.79. The first-order valence-corrected chi connectivity index (χ1v) is 5.69. The largest absolute Gasteiger partial charge is 0.299 e. The SMILES string of the molecule is C.CC(=O)C12CC3CC(CC(C3)C1)C2. The molecule has 4 saturated carbocycles. The Morgan fingerprint density at radius 1 is 1.00 bits per heavy atom. The summed E-state index contributed by atoms with van der Waals surface area (Å²) in [5, 5.41) is 0. The van der Waals surface area contributed by atoms with E-state index >= 15 is 0 Å². The van der Waals surface area contributed by atoms with Crippen molar-refractivity contribution in [3.05, 3.63) is 0 Å². The molecule has 4 fully saturated rings. The first-order valence-electron chi connectivity index (χ1n) is 5.69. The fraction of sp³-hybridized carbons (Fsp3) is 0.923. The lowest BCUT2D eigenvalue weighted by atomic mass is 9.48. The summed E-state index contributed by atoms with van der Waals surface area (Å²) in [5.41, 5.74) is 0.161. The van der Waals surface area contributed by atoms with Gasteiger partial charge < -0.3 is 0 Å². The molecule has 4 bridgehead atoms. The number of hydrogen-bond donors (Lipinski definition) is 0. The summed E-state index contributed by atoms with van der Waals surface area (Å²) >= 11 is 0. The lowest BCUT2D eigenvalue weighted by Gasteiger charge is -2.55. The average Bonchev–Trinajstić information content (AvgIpc) is 2.00. The lowest BCUT2D eigenvalue weighted by Crippen LogP contribution is -2.49. The van der Waals surface area contributed by atoms with Crippen molar-refractivity contribution in [2.45, 2.75) is 52.9 Å². The monoisotopic (exact) mass is 194 g/mol. The number of carbonyl (C=O) groups excluding carboxylic acids is 1. The lowest BCUT2D eigenvalue weighted by molar-refractivity contribution is -0.141. The maximum Gasteiger partial charge on any atom is 0.135 e. The van der Waals surface area contributed by atoms with Crippen LogP contribution in [-0.2, 0) is 4.79 Å². The van der Waals surface area contributed by atoms with Crippen LogP contribution in [0.4, 0.5) is 0 Å². The maximum absolute atomic E-state index is 11.7. The first kappa shape index (κ1) is 10.2. The number of carbonyl (C=O) groups is 1. The molecule has 4 aliphatic rings. The van der Waals surface area contributed by atoms with Gasteiger partial charge >= 0.3 is 0 Å². The fourth-order valence-corrected chi connectivity index (χ4v) is 4.54. The molecule has 0 N–H and O–H groups in total. The molecule has 0 unspecified atom stereocenters. The predicted molar refractivity (Wildman–Crippen MR) is 58.0 cm³/mol. The van der Waals surface area contributed by atoms with Crippen LogP contribution in [-0.4, -0.2) is 5.78 Å². The summed E-state index contributed by atoms with van der Waals surface area (Å²) in [4.78, 5) is 11.7.